The molecule has 0 saturated heterocycles. The number of benzene rings is 2. The van der Waals surface area contributed by atoms with Crippen molar-refractivity contribution in [1.82, 2.24) is 15.2 Å². The van der Waals surface area contributed by atoms with Gasteiger partial charge >= 0.3 is 6.18 Å². The Balaban J connectivity index is 1.56. The first kappa shape index (κ1) is 22.7. The average molecular weight is 459 g/mol. The first-order valence-corrected chi connectivity index (χ1v) is 10.3. The van der Waals surface area contributed by atoms with E-state index in [1.54, 1.807) is 47.4 Å². The van der Waals surface area contributed by atoms with E-state index in [0.29, 0.717) is 11.3 Å². The first-order valence-electron chi connectivity index (χ1n) is 10.3. The van der Waals surface area contributed by atoms with E-state index in [9.17, 15) is 22.4 Å². The SMILES string of the molecule is O=C(CN1Cc2ccccc2OC(c2ccccc2F)C1)NC(c1ccccn1)C(F)(F)F. The molecule has 2 atom stereocenters. The number of fused-ring (bicyclic) bond motifs is 1. The molecule has 1 N–H and O–H groups in total. The van der Waals surface area contributed by atoms with Crippen LogP contribution in [0.5, 0.6) is 5.75 Å². The van der Waals surface area contributed by atoms with Crippen LogP contribution in [-0.4, -0.2) is 35.1 Å². The summed E-state index contributed by atoms with van der Waals surface area (Å²) in [6, 6.07) is 15.2. The van der Waals surface area contributed by atoms with E-state index in [4.69, 9.17) is 4.74 Å². The Morgan fingerprint density at radius 3 is 2.55 bits per heavy atom. The van der Waals surface area contributed by atoms with Crippen molar-refractivity contribution < 1.29 is 27.1 Å². The molecule has 1 aliphatic heterocycles. The zero-order valence-electron chi connectivity index (χ0n) is 17.4. The largest absolute Gasteiger partial charge is 0.484 e. The molecule has 0 saturated carbocycles. The number of para-hydroxylation sites is 1. The van der Waals surface area contributed by atoms with Gasteiger partial charge in [0.15, 0.2) is 6.04 Å². The van der Waals surface area contributed by atoms with Gasteiger partial charge in [-0.2, -0.15) is 13.2 Å². The summed E-state index contributed by atoms with van der Waals surface area (Å²) in [6.45, 7) is 0.0418. The van der Waals surface area contributed by atoms with Gasteiger partial charge in [0.1, 0.15) is 17.7 Å². The number of hydrogen-bond acceptors (Lipinski definition) is 4. The predicted octanol–water partition coefficient (Wildman–Crippen LogP) is 4.58. The molecule has 2 heterocycles. The van der Waals surface area contributed by atoms with Crippen LogP contribution in [0.3, 0.4) is 0 Å². The number of rotatable bonds is 5. The molecule has 0 bridgehead atoms. The third kappa shape index (κ3) is 5.48. The van der Waals surface area contributed by atoms with E-state index in [1.165, 1.54) is 30.5 Å². The number of nitrogens with zero attached hydrogens (tertiary/aromatic N) is 2. The van der Waals surface area contributed by atoms with Gasteiger partial charge in [0.2, 0.25) is 5.91 Å². The number of ether oxygens (including phenoxy) is 1. The fourth-order valence-electron chi connectivity index (χ4n) is 3.78. The van der Waals surface area contributed by atoms with Gasteiger partial charge in [0.05, 0.1) is 12.2 Å². The summed E-state index contributed by atoms with van der Waals surface area (Å²) >= 11 is 0. The van der Waals surface area contributed by atoms with Crippen molar-refractivity contribution in [3.05, 3.63) is 95.6 Å². The van der Waals surface area contributed by atoms with Gasteiger partial charge in [0, 0.05) is 30.4 Å². The fraction of sp³-hybridized carbons (Fsp3) is 0.250. The molecule has 172 valence electrons. The van der Waals surface area contributed by atoms with Crippen molar-refractivity contribution in [2.24, 2.45) is 0 Å². The number of amides is 1. The van der Waals surface area contributed by atoms with Crippen molar-refractivity contribution in [2.45, 2.75) is 24.9 Å². The van der Waals surface area contributed by atoms with Crippen LogP contribution in [0, 0.1) is 5.82 Å². The molecule has 0 spiro atoms. The number of carbonyl (C=O) groups is 1. The zero-order chi connectivity index (χ0) is 23.4. The van der Waals surface area contributed by atoms with E-state index >= 15 is 0 Å². The zero-order valence-corrected chi connectivity index (χ0v) is 17.4. The van der Waals surface area contributed by atoms with E-state index in [1.807, 2.05) is 5.32 Å². The molecule has 4 rings (SSSR count). The Labute approximate surface area is 188 Å². The van der Waals surface area contributed by atoms with Gasteiger partial charge in [0.25, 0.3) is 0 Å². The van der Waals surface area contributed by atoms with Crippen molar-refractivity contribution in [3.63, 3.8) is 0 Å². The number of alkyl halides is 3. The molecule has 5 nitrogen and oxygen atoms in total. The molecule has 1 aromatic heterocycles. The average Bonchev–Trinajstić information content (AvgIpc) is 2.96. The van der Waals surface area contributed by atoms with E-state index in [2.05, 4.69) is 4.98 Å². The minimum atomic E-state index is -4.71. The van der Waals surface area contributed by atoms with E-state index < -0.39 is 30.0 Å². The second-order valence-corrected chi connectivity index (χ2v) is 7.70. The van der Waals surface area contributed by atoms with Crippen LogP contribution in [0.1, 0.15) is 29.0 Å². The third-order valence-corrected chi connectivity index (χ3v) is 5.30. The lowest BCUT2D eigenvalue weighted by Gasteiger charge is -2.26. The molecular weight excluding hydrogens is 438 g/mol. The van der Waals surface area contributed by atoms with Gasteiger partial charge in [-0.3, -0.25) is 14.7 Å². The maximum absolute atomic E-state index is 14.5. The lowest BCUT2D eigenvalue weighted by molar-refractivity contribution is -0.164. The Bertz CT molecular complexity index is 1110. The van der Waals surface area contributed by atoms with Crippen molar-refractivity contribution >= 4 is 5.91 Å². The standard InChI is InChI=1S/C24H21F4N3O2/c25-18-9-3-2-8-17(18)21-14-31(13-16-7-1-4-11-20(16)33-21)15-22(32)30-23(24(26,27)28)19-10-5-6-12-29-19/h1-12,21,23H,13-15H2,(H,30,32). The first-order chi connectivity index (χ1) is 15.8. The second-order valence-electron chi connectivity index (χ2n) is 7.70. The molecule has 2 unspecified atom stereocenters. The van der Waals surface area contributed by atoms with Crippen LogP contribution in [0.25, 0.3) is 0 Å². The third-order valence-electron chi connectivity index (χ3n) is 5.30. The highest BCUT2D eigenvalue weighted by atomic mass is 19.4. The van der Waals surface area contributed by atoms with Crippen LogP contribution < -0.4 is 10.1 Å². The van der Waals surface area contributed by atoms with Gasteiger partial charge in [-0.15, -0.1) is 0 Å². The molecule has 33 heavy (non-hydrogen) atoms. The summed E-state index contributed by atoms with van der Waals surface area (Å²) in [5.41, 5.74) is 0.759. The number of halogens is 4. The molecule has 0 fully saturated rings. The second kappa shape index (κ2) is 9.58. The van der Waals surface area contributed by atoms with Crippen LogP contribution in [0.2, 0.25) is 0 Å². The van der Waals surface area contributed by atoms with Crippen LogP contribution in [-0.2, 0) is 11.3 Å². The summed E-state index contributed by atoms with van der Waals surface area (Å²) in [7, 11) is 0. The molecule has 1 amide bonds. The highest BCUT2D eigenvalue weighted by molar-refractivity contribution is 5.78. The van der Waals surface area contributed by atoms with Gasteiger partial charge in [-0.25, -0.2) is 4.39 Å². The Hall–Kier alpha value is -3.46. The van der Waals surface area contributed by atoms with Crippen LogP contribution in [0.15, 0.2) is 72.9 Å². The topological polar surface area (TPSA) is 54.5 Å². The van der Waals surface area contributed by atoms with Gasteiger partial charge in [-0.05, 0) is 24.3 Å². The van der Waals surface area contributed by atoms with Gasteiger partial charge in [-0.1, -0.05) is 42.5 Å². The van der Waals surface area contributed by atoms with Crippen molar-refractivity contribution in [2.75, 3.05) is 13.1 Å². The quantitative estimate of drug-likeness (QED) is 0.568. The monoisotopic (exact) mass is 459 g/mol. The Kier molecular flexibility index (Phi) is 6.60. The van der Waals surface area contributed by atoms with Crippen LogP contribution >= 0.6 is 0 Å². The van der Waals surface area contributed by atoms with Gasteiger partial charge < -0.3 is 10.1 Å². The summed E-state index contributed by atoms with van der Waals surface area (Å²) in [6.07, 6.45) is -4.21. The summed E-state index contributed by atoms with van der Waals surface area (Å²) in [4.78, 5) is 18.1. The number of aromatic nitrogens is 1. The minimum Gasteiger partial charge on any atom is -0.484 e. The molecule has 1 aliphatic rings. The molecule has 0 aliphatic carbocycles. The van der Waals surface area contributed by atoms with Crippen molar-refractivity contribution in [1.29, 1.82) is 0 Å². The Morgan fingerprint density at radius 1 is 1.09 bits per heavy atom. The van der Waals surface area contributed by atoms with Crippen molar-refractivity contribution in [3.8, 4) is 5.75 Å². The normalized spacial score (nSPS) is 17.4. The smallest absolute Gasteiger partial charge is 0.414 e. The Morgan fingerprint density at radius 2 is 1.82 bits per heavy atom. The fourth-order valence-corrected chi connectivity index (χ4v) is 3.78. The summed E-state index contributed by atoms with van der Waals surface area (Å²) in [5.74, 6) is -0.747. The minimum absolute atomic E-state index is 0.114. The summed E-state index contributed by atoms with van der Waals surface area (Å²) in [5, 5.41) is 2.05. The molecule has 0 radical (unpaired) electrons. The van der Waals surface area contributed by atoms with E-state index in [0.717, 1.165) is 5.56 Å². The number of carbonyl (C=O) groups excluding carboxylic acids is 1. The molecule has 2 aromatic carbocycles. The number of pyridine rings is 1. The van der Waals surface area contributed by atoms with Crippen LogP contribution in [0.4, 0.5) is 17.6 Å². The predicted molar refractivity (Wildman–Crippen MR) is 113 cm³/mol. The molecule has 3 aromatic rings. The number of hydrogen-bond donors (Lipinski definition) is 1. The highest BCUT2D eigenvalue weighted by Crippen LogP contribution is 2.33. The maximum atomic E-state index is 14.5. The lowest BCUT2D eigenvalue weighted by atomic mass is 10.1. The summed E-state index contributed by atoms with van der Waals surface area (Å²) < 4.78 is 61.3. The molecular formula is C24H21F4N3O2. The highest BCUT2D eigenvalue weighted by Gasteiger charge is 2.43. The number of nitrogens with one attached hydrogen (secondary N) is 1. The molecule has 9 heteroatoms. The van der Waals surface area contributed by atoms with E-state index in [-0.39, 0.29) is 25.3 Å². The lowest BCUT2D eigenvalue weighted by Crippen LogP contribution is -2.44. The maximum Gasteiger partial charge on any atom is 0.414 e.